The van der Waals surface area contributed by atoms with E-state index in [1.807, 2.05) is 49.4 Å². The van der Waals surface area contributed by atoms with Crippen LogP contribution < -0.4 is 20.3 Å². The molecule has 0 spiro atoms. The average Bonchev–Trinajstić information content (AvgIpc) is 2.73. The van der Waals surface area contributed by atoms with E-state index in [1.54, 1.807) is 25.1 Å². The molecule has 2 amide bonds. The summed E-state index contributed by atoms with van der Waals surface area (Å²) in [5, 5.41) is 2.05. The minimum Gasteiger partial charge on any atom is -0.483 e. The number of hydrogen-bond donors (Lipinski definition) is 2. The third-order valence-electron chi connectivity index (χ3n) is 4.21. The van der Waals surface area contributed by atoms with Crippen LogP contribution in [-0.2, 0) is 9.59 Å². The van der Waals surface area contributed by atoms with Crippen molar-refractivity contribution in [2.24, 2.45) is 0 Å². The fraction of sp³-hybridized carbons (Fsp3) is 0.182. The molecule has 0 aliphatic heterocycles. The Morgan fingerprint density at radius 3 is 2.48 bits per heavy atom. The van der Waals surface area contributed by atoms with E-state index in [2.05, 4.69) is 26.8 Å². The average molecular weight is 457 g/mol. The lowest BCUT2D eigenvalue weighted by molar-refractivity contribution is -0.133. The van der Waals surface area contributed by atoms with Gasteiger partial charge in [-0.25, -0.2) is 0 Å². The van der Waals surface area contributed by atoms with E-state index < -0.39 is 17.9 Å². The zero-order chi connectivity index (χ0) is 20.8. The van der Waals surface area contributed by atoms with Crippen LogP contribution in [0.1, 0.15) is 12.5 Å². The summed E-state index contributed by atoms with van der Waals surface area (Å²) in [6.45, 7) is 3.32. The van der Waals surface area contributed by atoms with E-state index in [0.717, 1.165) is 20.8 Å². The second-order valence-corrected chi connectivity index (χ2v) is 7.29. The Labute approximate surface area is 177 Å². The van der Waals surface area contributed by atoms with Gasteiger partial charge in [0.2, 0.25) is 0 Å². The number of ether oxygens (including phenoxy) is 2. The molecule has 6 nitrogen and oxygen atoms in total. The summed E-state index contributed by atoms with van der Waals surface area (Å²) in [6, 6.07) is 18.9. The summed E-state index contributed by atoms with van der Waals surface area (Å²) in [7, 11) is 0. The topological polar surface area (TPSA) is 76.7 Å². The van der Waals surface area contributed by atoms with Crippen molar-refractivity contribution in [2.75, 3.05) is 6.61 Å². The zero-order valence-electron chi connectivity index (χ0n) is 16.1. The maximum absolute atomic E-state index is 12.1. The van der Waals surface area contributed by atoms with Crippen LogP contribution in [0.15, 0.2) is 65.1 Å². The first-order chi connectivity index (χ1) is 13.9. The fourth-order valence-electron chi connectivity index (χ4n) is 2.61. The summed E-state index contributed by atoms with van der Waals surface area (Å²) < 4.78 is 11.9. The van der Waals surface area contributed by atoms with E-state index in [4.69, 9.17) is 9.47 Å². The largest absolute Gasteiger partial charge is 0.483 e. The van der Waals surface area contributed by atoms with Crippen molar-refractivity contribution in [2.45, 2.75) is 20.0 Å². The van der Waals surface area contributed by atoms with E-state index in [9.17, 15) is 9.59 Å². The molecule has 0 saturated heterocycles. The van der Waals surface area contributed by atoms with Crippen molar-refractivity contribution in [3.63, 3.8) is 0 Å². The van der Waals surface area contributed by atoms with Gasteiger partial charge in [0.15, 0.2) is 12.7 Å². The maximum atomic E-state index is 12.1. The zero-order valence-corrected chi connectivity index (χ0v) is 17.7. The number of nitrogens with one attached hydrogen (secondary N) is 2. The van der Waals surface area contributed by atoms with Crippen LogP contribution >= 0.6 is 15.9 Å². The summed E-state index contributed by atoms with van der Waals surface area (Å²) in [4.78, 5) is 24.1. The number of hydrazine groups is 1. The molecule has 0 fully saturated rings. The van der Waals surface area contributed by atoms with Crippen LogP contribution in [0, 0.1) is 6.92 Å². The van der Waals surface area contributed by atoms with Crippen LogP contribution in [0.3, 0.4) is 0 Å². The second-order valence-electron chi connectivity index (χ2n) is 6.50. The van der Waals surface area contributed by atoms with Gasteiger partial charge in [-0.3, -0.25) is 20.4 Å². The highest BCUT2D eigenvalue weighted by molar-refractivity contribution is 9.10. The Hall–Kier alpha value is -3.06. The number of amides is 2. The van der Waals surface area contributed by atoms with Crippen LogP contribution in [-0.4, -0.2) is 24.5 Å². The summed E-state index contributed by atoms with van der Waals surface area (Å²) in [5.41, 5.74) is 5.76. The van der Waals surface area contributed by atoms with Crippen molar-refractivity contribution in [1.29, 1.82) is 0 Å². The number of carbonyl (C=O) groups excluding carboxylic acids is 2. The SMILES string of the molecule is Cc1ccc(OC(C)C(=O)NNC(=O)COc2ccc3ccccc3c2Br)cc1. The molecule has 1 unspecified atom stereocenters. The first-order valence-electron chi connectivity index (χ1n) is 9.06. The minimum atomic E-state index is -0.770. The van der Waals surface area contributed by atoms with Gasteiger partial charge in [0.1, 0.15) is 11.5 Å². The molecule has 0 aromatic heterocycles. The highest BCUT2D eigenvalue weighted by Gasteiger charge is 2.16. The highest BCUT2D eigenvalue weighted by atomic mass is 79.9. The first-order valence-corrected chi connectivity index (χ1v) is 9.85. The standard InChI is InChI=1S/C22H21BrN2O4/c1-14-7-10-17(11-8-14)29-15(2)22(27)25-24-20(26)13-28-19-12-9-16-5-3-4-6-18(16)21(19)23/h3-12,15H,13H2,1-2H3,(H,24,26)(H,25,27). The highest BCUT2D eigenvalue weighted by Crippen LogP contribution is 2.32. The van der Waals surface area contributed by atoms with Crippen LogP contribution in [0.25, 0.3) is 10.8 Å². The van der Waals surface area contributed by atoms with Gasteiger partial charge in [0.25, 0.3) is 11.8 Å². The first kappa shape index (κ1) is 20.7. The van der Waals surface area contributed by atoms with Crippen molar-refractivity contribution in [1.82, 2.24) is 10.9 Å². The Kier molecular flexibility index (Phi) is 6.72. The molecular weight excluding hydrogens is 436 g/mol. The predicted octanol–water partition coefficient (Wildman–Crippen LogP) is 3.90. The number of hydrogen-bond acceptors (Lipinski definition) is 4. The number of halogens is 1. The molecule has 3 aromatic carbocycles. The molecule has 0 aliphatic rings. The predicted molar refractivity (Wildman–Crippen MR) is 115 cm³/mol. The quantitative estimate of drug-likeness (QED) is 0.551. The summed E-state index contributed by atoms with van der Waals surface area (Å²) >= 11 is 3.51. The van der Waals surface area contributed by atoms with E-state index in [-0.39, 0.29) is 6.61 Å². The monoisotopic (exact) mass is 456 g/mol. The maximum Gasteiger partial charge on any atom is 0.279 e. The number of fused-ring (bicyclic) bond motifs is 1. The third-order valence-corrected chi connectivity index (χ3v) is 5.03. The summed E-state index contributed by atoms with van der Waals surface area (Å²) in [6.07, 6.45) is -0.770. The van der Waals surface area contributed by atoms with Crippen molar-refractivity contribution < 1.29 is 19.1 Å². The van der Waals surface area contributed by atoms with Crippen molar-refractivity contribution >= 4 is 38.5 Å². The molecule has 0 saturated carbocycles. The Morgan fingerprint density at radius 2 is 1.72 bits per heavy atom. The van der Waals surface area contributed by atoms with Gasteiger partial charge in [-0.2, -0.15) is 0 Å². The fourth-order valence-corrected chi connectivity index (χ4v) is 3.22. The molecule has 29 heavy (non-hydrogen) atoms. The lowest BCUT2D eigenvalue weighted by Gasteiger charge is -2.15. The Bertz CT molecular complexity index is 1020. The van der Waals surface area contributed by atoms with Crippen LogP contribution in [0.5, 0.6) is 11.5 Å². The van der Waals surface area contributed by atoms with Gasteiger partial charge in [-0.1, -0.05) is 48.0 Å². The number of aryl methyl sites for hydroxylation is 1. The molecule has 150 valence electrons. The molecule has 0 radical (unpaired) electrons. The van der Waals surface area contributed by atoms with E-state index in [0.29, 0.717) is 11.5 Å². The Morgan fingerprint density at radius 1 is 1.00 bits per heavy atom. The van der Waals surface area contributed by atoms with Gasteiger partial charge >= 0.3 is 0 Å². The van der Waals surface area contributed by atoms with Gasteiger partial charge in [-0.15, -0.1) is 0 Å². The van der Waals surface area contributed by atoms with Gasteiger partial charge in [0.05, 0.1) is 4.47 Å². The van der Waals surface area contributed by atoms with Crippen molar-refractivity contribution in [3.05, 3.63) is 70.7 Å². The molecule has 0 aliphatic carbocycles. The second kappa shape index (κ2) is 9.43. The molecule has 1 atom stereocenters. The van der Waals surface area contributed by atoms with E-state index >= 15 is 0 Å². The van der Waals surface area contributed by atoms with Gasteiger partial charge < -0.3 is 9.47 Å². The van der Waals surface area contributed by atoms with Gasteiger partial charge in [0, 0.05) is 0 Å². The normalized spacial score (nSPS) is 11.6. The molecular formula is C22H21BrN2O4. The Balaban J connectivity index is 1.47. The number of benzene rings is 3. The van der Waals surface area contributed by atoms with E-state index in [1.165, 1.54) is 0 Å². The molecule has 7 heteroatoms. The lowest BCUT2D eigenvalue weighted by Crippen LogP contribution is -2.48. The molecule has 3 aromatic rings. The van der Waals surface area contributed by atoms with Gasteiger partial charge in [-0.05, 0) is 58.7 Å². The number of carbonyl (C=O) groups is 2. The summed E-state index contributed by atoms with van der Waals surface area (Å²) in [5.74, 6) is 0.169. The van der Waals surface area contributed by atoms with Crippen molar-refractivity contribution in [3.8, 4) is 11.5 Å². The molecule has 0 bridgehead atoms. The smallest absolute Gasteiger partial charge is 0.279 e. The molecule has 0 heterocycles. The third kappa shape index (κ3) is 5.48. The van der Waals surface area contributed by atoms with Crippen LogP contribution in [0.4, 0.5) is 0 Å². The molecule has 2 N–H and O–H groups in total. The van der Waals surface area contributed by atoms with Crippen LogP contribution in [0.2, 0.25) is 0 Å². The minimum absolute atomic E-state index is 0.246. The lowest BCUT2D eigenvalue weighted by atomic mass is 10.1. The number of rotatable bonds is 6. The molecule has 3 rings (SSSR count).